The number of hydrogen-bond donors (Lipinski definition) is 3. The van der Waals surface area contributed by atoms with Crippen molar-refractivity contribution >= 4 is 35.6 Å². The Morgan fingerprint density at radius 1 is 0.960 bits per heavy atom. The van der Waals surface area contributed by atoms with E-state index in [1.54, 1.807) is 12.1 Å². The van der Waals surface area contributed by atoms with Gasteiger partial charge >= 0.3 is 0 Å². The maximum atomic E-state index is 12.3. The van der Waals surface area contributed by atoms with Crippen LogP contribution in [0.5, 0.6) is 0 Å². The summed E-state index contributed by atoms with van der Waals surface area (Å²) in [5.41, 5.74) is 2.80. The monoisotopic (exact) mass is 361 g/mol. The van der Waals surface area contributed by atoms with Crippen molar-refractivity contribution in [2.45, 2.75) is 13.8 Å². The molecule has 0 aliphatic carbocycles. The molecule has 0 aliphatic rings. The molecule has 2 aromatic carbocycles. The molecule has 3 N–H and O–H groups in total. The van der Waals surface area contributed by atoms with Gasteiger partial charge in [-0.25, -0.2) is 0 Å². The predicted molar refractivity (Wildman–Crippen MR) is 105 cm³/mol. The summed E-state index contributed by atoms with van der Waals surface area (Å²) in [4.78, 5) is 24.5. The molecule has 1 atom stereocenters. The zero-order chi connectivity index (χ0) is 17.5. The van der Waals surface area contributed by atoms with Gasteiger partial charge in [0.25, 0.3) is 5.91 Å². The average Bonchev–Trinajstić information content (AvgIpc) is 2.59. The van der Waals surface area contributed by atoms with Crippen LogP contribution in [0.1, 0.15) is 22.8 Å². The van der Waals surface area contributed by atoms with E-state index in [2.05, 4.69) is 16.0 Å². The number of hydrogen-bond acceptors (Lipinski definition) is 3. The highest BCUT2D eigenvalue weighted by Gasteiger charge is 2.15. The van der Waals surface area contributed by atoms with Gasteiger partial charge in [0, 0.05) is 29.4 Å². The first kappa shape index (κ1) is 20.7. The predicted octanol–water partition coefficient (Wildman–Crippen LogP) is 3.46. The van der Waals surface area contributed by atoms with Crippen molar-refractivity contribution in [3.63, 3.8) is 0 Å². The first-order valence-corrected chi connectivity index (χ1v) is 7.94. The van der Waals surface area contributed by atoms with Crippen molar-refractivity contribution in [2.75, 3.05) is 24.2 Å². The SMILES string of the molecule is CNCC(C)C(=O)Nc1cccc(NC(=O)c2ccccc2)c1C.Cl. The molecule has 2 rings (SSSR count). The second kappa shape index (κ2) is 9.81. The molecule has 0 heterocycles. The zero-order valence-electron chi connectivity index (χ0n) is 14.6. The van der Waals surface area contributed by atoms with Gasteiger partial charge in [-0.1, -0.05) is 31.2 Å². The topological polar surface area (TPSA) is 70.2 Å². The van der Waals surface area contributed by atoms with Gasteiger partial charge in [0.05, 0.1) is 0 Å². The van der Waals surface area contributed by atoms with Crippen molar-refractivity contribution in [3.8, 4) is 0 Å². The molecule has 0 aromatic heterocycles. The number of rotatable bonds is 6. The lowest BCUT2D eigenvalue weighted by molar-refractivity contribution is -0.119. The molecular formula is C19H24ClN3O2. The molecule has 0 fully saturated rings. The minimum Gasteiger partial charge on any atom is -0.325 e. The summed E-state index contributed by atoms with van der Waals surface area (Å²) in [6.07, 6.45) is 0. The Bertz CT molecular complexity index is 720. The highest BCUT2D eigenvalue weighted by molar-refractivity contribution is 6.05. The standard InChI is InChI=1S/C19H23N3O2.ClH/c1-13(12-20-3)18(23)21-16-10-7-11-17(14(16)2)22-19(24)15-8-5-4-6-9-15;/h4-11,13,20H,12H2,1-3H3,(H,21,23)(H,22,24);1H. The highest BCUT2D eigenvalue weighted by Crippen LogP contribution is 2.24. The van der Waals surface area contributed by atoms with E-state index in [1.165, 1.54) is 0 Å². The summed E-state index contributed by atoms with van der Waals surface area (Å²) >= 11 is 0. The van der Waals surface area contributed by atoms with Gasteiger partial charge in [0.2, 0.25) is 5.91 Å². The van der Waals surface area contributed by atoms with Gasteiger partial charge in [-0.3, -0.25) is 9.59 Å². The fourth-order valence-electron chi connectivity index (χ4n) is 2.35. The average molecular weight is 362 g/mol. The molecule has 2 aromatic rings. The molecule has 134 valence electrons. The largest absolute Gasteiger partial charge is 0.325 e. The van der Waals surface area contributed by atoms with Gasteiger partial charge in [0.15, 0.2) is 0 Å². The second-order valence-electron chi connectivity index (χ2n) is 5.75. The van der Waals surface area contributed by atoms with Crippen LogP contribution < -0.4 is 16.0 Å². The Morgan fingerprint density at radius 3 is 2.16 bits per heavy atom. The van der Waals surface area contributed by atoms with Crippen LogP contribution >= 0.6 is 12.4 Å². The maximum Gasteiger partial charge on any atom is 0.255 e. The summed E-state index contributed by atoms with van der Waals surface area (Å²) in [5.74, 6) is -0.373. The van der Waals surface area contributed by atoms with E-state index in [9.17, 15) is 9.59 Å². The van der Waals surface area contributed by atoms with Crippen LogP contribution in [0.15, 0.2) is 48.5 Å². The number of benzene rings is 2. The van der Waals surface area contributed by atoms with Crippen molar-refractivity contribution in [2.24, 2.45) is 5.92 Å². The third-order valence-electron chi connectivity index (χ3n) is 3.83. The lowest BCUT2D eigenvalue weighted by atomic mass is 10.1. The Balaban J connectivity index is 0.00000312. The van der Waals surface area contributed by atoms with Crippen LogP contribution in [-0.4, -0.2) is 25.4 Å². The van der Waals surface area contributed by atoms with Crippen molar-refractivity contribution in [1.82, 2.24) is 5.32 Å². The smallest absolute Gasteiger partial charge is 0.255 e. The molecule has 5 nitrogen and oxygen atoms in total. The van der Waals surface area contributed by atoms with E-state index in [0.717, 1.165) is 5.56 Å². The minimum atomic E-state index is -0.175. The molecular weight excluding hydrogens is 338 g/mol. The number of halogens is 1. The van der Waals surface area contributed by atoms with Gasteiger partial charge in [-0.15, -0.1) is 12.4 Å². The van der Waals surface area contributed by atoms with Gasteiger partial charge in [-0.2, -0.15) is 0 Å². The fraction of sp³-hybridized carbons (Fsp3) is 0.263. The van der Waals surface area contributed by atoms with Gasteiger partial charge in [0.1, 0.15) is 0 Å². The molecule has 25 heavy (non-hydrogen) atoms. The lowest BCUT2D eigenvalue weighted by Crippen LogP contribution is -2.29. The van der Waals surface area contributed by atoms with Crippen LogP contribution in [-0.2, 0) is 4.79 Å². The Kier molecular flexibility index (Phi) is 8.11. The van der Waals surface area contributed by atoms with Crippen LogP contribution in [0.4, 0.5) is 11.4 Å². The number of carbonyl (C=O) groups excluding carboxylic acids is 2. The summed E-state index contributed by atoms with van der Waals surface area (Å²) in [6.45, 7) is 4.34. The molecule has 0 aliphatic heterocycles. The van der Waals surface area contributed by atoms with Crippen LogP contribution in [0, 0.1) is 12.8 Å². The summed E-state index contributed by atoms with van der Waals surface area (Å²) < 4.78 is 0. The molecule has 0 spiro atoms. The Labute approximate surface area is 154 Å². The second-order valence-corrected chi connectivity index (χ2v) is 5.75. The molecule has 0 radical (unpaired) electrons. The Morgan fingerprint density at radius 2 is 1.56 bits per heavy atom. The summed E-state index contributed by atoms with van der Waals surface area (Å²) in [6, 6.07) is 14.5. The van der Waals surface area contributed by atoms with E-state index < -0.39 is 0 Å². The molecule has 1 unspecified atom stereocenters. The van der Waals surface area contributed by atoms with Gasteiger partial charge in [-0.05, 0) is 43.8 Å². The normalized spacial score (nSPS) is 11.2. The van der Waals surface area contributed by atoms with E-state index in [1.807, 2.05) is 57.3 Å². The van der Waals surface area contributed by atoms with Crippen LogP contribution in [0.3, 0.4) is 0 Å². The molecule has 0 bridgehead atoms. The highest BCUT2D eigenvalue weighted by atomic mass is 35.5. The van der Waals surface area contributed by atoms with Gasteiger partial charge < -0.3 is 16.0 Å². The van der Waals surface area contributed by atoms with Crippen LogP contribution in [0.25, 0.3) is 0 Å². The number of amides is 2. The third-order valence-corrected chi connectivity index (χ3v) is 3.83. The summed E-state index contributed by atoms with van der Waals surface area (Å²) in [5, 5.41) is 8.80. The molecule has 6 heteroatoms. The molecule has 0 saturated carbocycles. The van der Waals surface area contributed by atoms with Crippen molar-refractivity contribution in [1.29, 1.82) is 0 Å². The molecule has 0 saturated heterocycles. The number of carbonyl (C=O) groups is 2. The number of nitrogens with one attached hydrogen (secondary N) is 3. The minimum absolute atomic E-state index is 0. The van der Waals surface area contributed by atoms with E-state index in [0.29, 0.717) is 23.5 Å². The zero-order valence-corrected chi connectivity index (χ0v) is 15.4. The number of anilines is 2. The van der Waals surface area contributed by atoms with Crippen molar-refractivity contribution < 1.29 is 9.59 Å². The first-order valence-electron chi connectivity index (χ1n) is 7.94. The lowest BCUT2D eigenvalue weighted by Gasteiger charge is -2.16. The fourth-order valence-corrected chi connectivity index (χ4v) is 2.35. The molecule has 2 amide bonds. The maximum absolute atomic E-state index is 12.3. The van der Waals surface area contributed by atoms with Crippen LogP contribution in [0.2, 0.25) is 0 Å². The van der Waals surface area contributed by atoms with Crippen molar-refractivity contribution in [3.05, 3.63) is 59.7 Å². The van der Waals surface area contributed by atoms with E-state index in [4.69, 9.17) is 0 Å². The third kappa shape index (κ3) is 5.59. The Hall–Kier alpha value is -2.37. The van der Waals surface area contributed by atoms with E-state index >= 15 is 0 Å². The summed E-state index contributed by atoms with van der Waals surface area (Å²) in [7, 11) is 1.81. The quantitative estimate of drug-likeness (QED) is 0.737. The first-order chi connectivity index (χ1) is 11.5. The van der Waals surface area contributed by atoms with E-state index in [-0.39, 0.29) is 30.1 Å².